The van der Waals surface area contributed by atoms with Crippen molar-refractivity contribution in [1.29, 1.82) is 0 Å². The molecule has 2 aromatic heterocycles. The van der Waals surface area contributed by atoms with E-state index in [9.17, 15) is 5.11 Å². The second-order valence-corrected chi connectivity index (χ2v) is 4.13. The van der Waals surface area contributed by atoms with Crippen LogP contribution in [0.4, 0.5) is 5.82 Å². The van der Waals surface area contributed by atoms with Crippen LogP contribution in [0.15, 0.2) is 12.7 Å². The first-order valence-corrected chi connectivity index (χ1v) is 5.43. The minimum absolute atomic E-state index is 0.0549. The standard InChI is InChI=1S/C10H13N5O2/c11-9-8-10(13-4-12-9)15(5-14-8)7-3-17-2-6(7)1-16/h4-7,16H,1-3H2,(H2,11,12,13)/t6-,7+/m0/s1. The van der Waals surface area contributed by atoms with Gasteiger partial charge in [-0.05, 0) is 0 Å². The van der Waals surface area contributed by atoms with Gasteiger partial charge in [0.05, 0.1) is 32.2 Å². The molecular weight excluding hydrogens is 222 g/mol. The number of anilines is 1. The van der Waals surface area contributed by atoms with Crippen molar-refractivity contribution in [2.45, 2.75) is 6.04 Å². The lowest BCUT2D eigenvalue weighted by molar-refractivity contribution is 0.160. The third kappa shape index (κ3) is 1.55. The lowest BCUT2D eigenvalue weighted by Crippen LogP contribution is -2.20. The molecule has 0 radical (unpaired) electrons. The summed E-state index contributed by atoms with van der Waals surface area (Å²) in [5.74, 6) is 0.441. The van der Waals surface area contributed by atoms with Gasteiger partial charge in [0.15, 0.2) is 11.5 Å². The number of rotatable bonds is 2. The van der Waals surface area contributed by atoms with Crippen LogP contribution >= 0.6 is 0 Å². The van der Waals surface area contributed by atoms with Crippen LogP contribution in [0, 0.1) is 5.92 Å². The Balaban J connectivity index is 2.09. The molecule has 0 amide bonds. The summed E-state index contributed by atoms with van der Waals surface area (Å²) in [5, 5.41) is 9.29. The first kappa shape index (κ1) is 10.4. The number of aliphatic hydroxyl groups excluding tert-OH is 1. The highest BCUT2D eigenvalue weighted by Crippen LogP contribution is 2.28. The molecule has 1 aliphatic heterocycles. The van der Waals surface area contributed by atoms with E-state index >= 15 is 0 Å². The molecule has 0 aliphatic carbocycles. The molecule has 1 aliphatic rings. The molecule has 2 atom stereocenters. The molecule has 0 bridgehead atoms. The number of hydrogen-bond acceptors (Lipinski definition) is 6. The van der Waals surface area contributed by atoms with Gasteiger partial charge in [-0.3, -0.25) is 0 Å². The quantitative estimate of drug-likeness (QED) is 0.734. The van der Waals surface area contributed by atoms with Crippen molar-refractivity contribution >= 4 is 17.0 Å². The van der Waals surface area contributed by atoms with E-state index in [0.717, 1.165) is 0 Å². The molecule has 3 rings (SSSR count). The van der Waals surface area contributed by atoms with E-state index in [2.05, 4.69) is 15.0 Å². The number of fused-ring (bicyclic) bond motifs is 1. The maximum Gasteiger partial charge on any atom is 0.165 e. The van der Waals surface area contributed by atoms with Gasteiger partial charge in [0.1, 0.15) is 11.8 Å². The van der Waals surface area contributed by atoms with Crippen LogP contribution < -0.4 is 5.73 Å². The lowest BCUT2D eigenvalue weighted by atomic mass is 10.1. The molecule has 0 aromatic carbocycles. The number of nitrogens with two attached hydrogens (primary N) is 1. The van der Waals surface area contributed by atoms with E-state index in [4.69, 9.17) is 10.5 Å². The van der Waals surface area contributed by atoms with Gasteiger partial charge < -0.3 is 20.1 Å². The molecule has 17 heavy (non-hydrogen) atoms. The largest absolute Gasteiger partial charge is 0.396 e. The highest BCUT2D eigenvalue weighted by atomic mass is 16.5. The van der Waals surface area contributed by atoms with Crippen LogP contribution in [0.1, 0.15) is 6.04 Å². The number of hydrogen-bond donors (Lipinski definition) is 2. The SMILES string of the molecule is Nc1ncnc2c1ncn2[C@@H]1COC[C@@H]1CO. The van der Waals surface area contributed by atoms with Gasteiger partial charge in [0.2, 0.25) is 0 Å². The Morgan fingerprint density at radius 3 is 3.12 bits per heavy atom. The first-order valence-electron chi connectivity index (χ1n) is 5.43. The molecule has 1 saturated heterocycles. The summed E-state index contributed by atoms with van der Waals surface area (Å²) < 4.78 is 7.28. The number of aliphatic hydroxyl groups is 1. The molecule has 2 aromatic rings. The van der Waals surface area contributed by atoms with E-state index in [0.29, 0.717) is 30.2 Å². The molecule has 3 heterocycles. The maximum atomic E-state index is 9.29. The fourth-order valence-electron chi connectivity index (χ4n) is 2.18. The zero-order valence-electron chi connectivity index (χ0n) is 9.15. The van der Waals surface area contributed by atoms with Crippen LogP contribution in [-0.2, 0) is 4.74 Å². The topological polar surface area (TPSA) is 99.1 Å². The summed E-state index contributed by atoms with van der Waals surface area (Å²) in [5.41, 5.74) is 7.01. The number of imidazole rings is 1. The van der Waals surface area contributed by atoms with Crippen LogP contribution in [0.25, 0.3) is 11.2 Å². The minimum Gasteiger partial charge on any atom is -0.396 e. The van der Waals surface area contributed by atoms with E-state index < -0.39 is 0 Å². The van der Waals surface area contributed by atoms with E-state index in [-0.39, 0.29) is 18.6 Å². The van der Waals surface area contributed by atoms with E-state index in [1.807, 2.05) is 4.57 Å². The number of nitrogens with zero attached hydrogens (tertiary/aromatic N) is 4. The second kappa shape index (κ2) is 3.94. The van der Waals surface area contributed by atoms with Crippen LogP contribution in [0.5, 0.6) is 0 Å². The third-order valence-corrected chi connectivity index (χ3v) is 3.14. The van der Waals surface area contributed by atoms with E-state index in [1.165, 1.54) is 6.33 Å². The molecule has 1 fully saturated rings. The average molecular weight is 235 g/mol. The van der Waals surface area contributed by atoms with Gasteiger partial charge in [0, 0.05) is 5.92 Å². The summed E-state index contributed by atoms with van der Waals surface area (Å²) in [6.07, 6.45) is 3.09. The highest BCUT2D eigenvalue weighted by Gasteiger charge is 2.30. The van der Waals surface area contributed by atoms with Crippen molar-refractivity contribution in [3.8, 4) is 0 Å². The predicted octanol–water partition coefficient (Wildman–Crippen LogP) is -0.412. The predicted molar refractivity (Wildman–Crippen MR) is 60.2 cm³/mol. The van der Waals surface area contributed by atoms with Crippen LogP contribution in [0.2, 0.25) is 0 Å². The Morgan fingerprint density at radius 1 is 1.41 bits per heavy atom. The van der Waals surface area contributed by atoms with Crippen molar-refractivity contribution in [2.75, 3.05) is 25.6 Å². The van der Waals surface area contributed by atoms with Crippen molar-refractivity contribution in [2.24, 2.45) is 5.92 Å². The van der Waals surface area contributed by atoms with Crippen molar-refractivity contribution in [3.05, 3.63) is 12.7 Å². The summed E-state index contributed by atoms with van der Waals surface area (Å²) in [6.45, 7) is 1.20. The Bertz CT molecular complexity index is 540. The second-order valence-electron chi connectivity index (χ2n) is 4.13. The number of nitrogen functional groups attached to an aromatic ring is 1. The normalized spacial score (nSPS) is 24.5. The van der Waals surface area contributed by atoms with Crippen molar-refractivity contribution in [3.63, 3.8) is 0 Å². The monoisotopic (exact) mass is 235 g/mol. The minimum atomic E-state index is 0.0549. The lowest BCUT2D eigenvalue weighted by Gasteiger charge is -2.16. The Morgan fingerprint density at radius 2 is 2.29 bits per heavy atom. The zero-order chi connectivity index (χ0) is 11.8. The number of aromatic nitrogens is 4. The molecule has 7 heteroatoms. The van der Waals surface area contributed by atoms with E-state index in [1.54, 1.807) is 6.33 Å². The van der Waals surface area contributed by atoms with Crippen molar-refractivity contribution < 1.29 is 9.84 Å². The third-order valence-electron chi connectivity index (χ3n) is 3.14. The van der Waals surface area contributed by atoms with Gasteiger partial charge in [-0.15, -0.1) is 0 Å². The fraction of sp³-hybridized carbons (Fsp3) is 0.500. The average Bonchev–Trinajstić information content (AvgIpc) is 2.94. The molecule has 0 unspecified atom stereocenters. The van der Waals surface area contributed by atoms with Gasteiger partial charge in [-0.25, -0.2) is 15.0 Å². The Kier molecular flexibility index (Phi) is 2.41. The smallest absolute Gasteiger partial charge is 0.165 e. The van der Waals surface area contributed by atoms with Crippen LogP contribution in [-0.4, -0.2) is 44.4 Å². The molecular formula is C10H13N5O2. The molecule has 3 N–H and O–H groups in total. The Hall–Kier alpha value is -1.73. The molecule has 0 spiro atoms. The van der Waals surface area contributed by atoms with Gasteiger partial charge in [-0.2, -0.15) is 0 Å². The number of ether oxygens (including phenoxy) is 1. The van der Waals surface area contributed by atoms with Gasteiger partial charge in [-0.1, -0.05) is 0 Å². The van der Waals surface area contributed by atoms with Crippen molar-refractivity contribution in [1.82, 2.24) is 19.5 Å². The Labute approximate surface area is 97.3 Å². The van der Waals surface area contributed by atoms with Gasteiger partial charge >= 0.3 is 0 Å². The summed E-state index contributed by atoms with van der Waals surface area (Å²) in [6, 6.07) is 0.0549. The summed E-state index contributed by atoms with van der Waals surface area (Å²) >= 11 is 0. The zero-order valence-corrected chi connectivity index (χ0v) is 9.15. The first-order chi connectivity index (χ1) is 8.31. The summed E-state index contributed by atoms with van der Waals surface area (Å²) in [4.78, 5) is 12.3. The van der Waals surface area contributed by atoms with Crippen LogP contribution in [0.3, 0.4) is 0 Å². The highest BCUT2D eigenvalue weighted by molar-refractivity contribution is 5.81. The maximum absolute atomic E-state index is 9.29. The summed E-state index contributed by atoms with van der Waals surface area (Å²) in [7, 11) is 0. The molecule has 7 nitrogen and oxygen atoms in total. The van der Waals surface area contributed by atoms with Gasteiger partial charge in [0.25, 0.3) is 0 Å². The molecule has 0 saturated carbocycles. The fourth-order valence-corrected chi connectivity index (χ4v) is 2.18. The molecule has 90 valence electrons.